The van der Waals surface area contributed by atoms with Crippen LogP contribution in [0, 0.1) is 0 Å². The number of hydrogen-bond acceptors (Lipinski definition) is 2. The first-order valence-electron chi connectivity index (χ1n) is 5.06. The van der Waals surface area contributed by atoms with Gasteiger partial charge in [-0.25, -0.2) is 4.98 Å². The van der Waals surface area contributed by atoms with Gasteiger partial charge >= 0.3 is 0 Å². The number of pyridine rings is 1. The molecule has 0 unspecified atom stereocenters. The Labute approximate surface area is 97.6 Å². The second kappa shape index (κ2) is 4.33. The number of nitrogens with one attached hydrogen (secondary N) is 1. The number of nitrogens with zero attached hydrogens (tertiary/aromatic N) is 2. The number of hydrogen-bond donors (Lipinski definition) is 1. The normalized spacial score (nSPS) is 11.1. The van der Waals surface area contributed by atoms with E-state index in [0.29, 0.717) is 0 Å². The maximum atomic E-state index is 4.47. The van der Waals surface area contributed by atoms with E-state index < -0.39 is 0 Å². The standard InChI is InChI=1S/C11H14BrN3/c1-3-10-14-11(12)9-6-8(7-13-2)4-5-15(9)10/h4-6,13H,3,7H2,1-2H3. The molecular weight excluding hydrogens is 254 g/mol. The maximum absolute atomic E-state index is 4.47. The van der Waals surface area contributed by atoms with Gasteiger partial charge in [-0.05, 0) is 40.7 Å². The van der Waals surface area contributed by atoms with Crippen molar-refractivity contribution in [1.82, 2.24) is 14.7 Å². The van der Waals surface area contributed by atoms with Crippen molar-refractivity contribution in [1.29, 1.82) is 0 Å². The van der Waals surface area contributed by atoms with Gasteiger partial charge in [0.05, 0.1) is 5.52 Å². The van der Waals surface area contributed by atoms with E-state index in [1.807, 2.05) is 7.05 Å². The van der Waals surface area contributed by atoms with Crippen molar-refractivity contribution in [2.45, 2.75) is 19.9 Å². The average Bonchev–Trinajstić information content (AvgIpc) is 2.56. The highest BCUT2D eigenvalue weighted by atomic mass is 79.9. The largest absolute Gasteiger partial charge is 0.316 e. The van der Waals surface area contributed by atoms with Crippen LogP contribution in [0.5, 0.6) is 0 Å². The summed E-state index contributed by atoms with van der Waals surface area (Å²) in [5, 5.41) is 3.14. The highest BCUT2D eigenvalue weighted by Crippen LogP contribution is 2.20. The molecule has 1 N–H and O–H groups in total. The quantitative estimate of drug-likeness (QED) is 0.926. The Morgan fingerprint density at radius 1 is 1.53 bits per heavy atom. The number of imidazole rings is 1. The lowest BCUT2D eigenvalue weighted by Gasteiger charge is -2.02. The van der Waals surface area contributed by atoms with E-state index in [4.69, 9.17) is 0 Å². The summed E-state index contributed by atoms with van der Waals surface area (Å²) in [5.41, 5.74) is 2.41. The minimum Gasteiger partial charge on any atom is -0.316 e. The minimum absolute atomic E-state index is 0.885. The fourth-order valence-corrected chi connectivity index (χ4v) is 2.23. The van der Waals surface area contributed by atoms with Gasteiger partial charge in [0.1, 0.15) is 10.4 Å². The predicted molar refractivity (Wildman–Crippen MR) is 65.0 cm³/mol. The van der Waals surface area contributed by atoms with Crippen LogP contribution in [0.25, 0.3) is 5.52 Å². The van der Waals surface area contributed by atoms with E-state index in [0.717, 1.165) is 28.9 Å². The molecule has 0 bridgehead atoms. The Balaban J connectivity index is 2.56. The Bertz CT molecular complexity index is 476. The van der Waals surface area contributed by atoms with Crippen LogP contribution >= 0.6 is 15.9 Å². The van der Waals surface area contributed by atoms with Gasteiger partial charge in [-0.2, -0.15) is 0 Å². The summed E-state index contributed by atoms with van der Waals surface area (Å²) in [4.78, 5) is 4.47. The summed E-state index contributed by atoms with van der Waals surface area (Å²) in [6, 6.07) is 4.28. The van der Waals surface area contributed by atoms with Gasteiger partial charge in [0.25, 0.3) is 0 Å². The summed E-state index contributed by atoms with van der Waals surface area (Å²) in [6.45, 7) is 3.00. The second-order valence-electron chi connectivity index (χ2n) is 3.49. The van der Waals surface area contributed by atoms with Gasteiger partial charge < -0.3 is 9.72 Å². The average molecular weight is 268 g/mol. The van der Waals surface area contributed by atoms with E-state index in [2.05, 4.69) is 55.9 Å². The van der Waals surface area contributed by atoms with E-state index in [9.17, 15) is 0 Å². The van der Waals surface area contributed by atoms with E-state index in [-0.39, 0.29) is 0 Å². The Kier molecular flexibility index (Phi) is 3.07. The van der Waals surface area contributed by atoms with Crippen LogP contribution in [0.4, 0.5) is 0 Å². The van der Waals surface area contributed by atoms with Crippen molar-refractivity contribution in [3.8, 4) is 0 Å². The zero-order valence-electron chi connectivity index (χ0n) is 8.92. The predicted octanol–water partition coefficient (Wildman–Crippen LogP) is 2.38. The fraction of sp³-hybridized carbons (Fsp3) is 0.364. The van der Waals surface area contributed by atoms with E-state index >= 15 is 0 Å². The highest BCUT2D eigenvalue weighted by Gasteiger charge is 2.07. The van der Waals surface area contributed by atoms with Gasteiger partial charge in [0.15, 0.2) is 0 Å². The molecular formula is C11H14BrN3. The molecule has 2 heterocycles. The molecule has 0 saturated carbocycles. The van der Waals surface area contributed by atoms with Crippen molar-refractivity contribution in [2.75, 3.05) is 7.05 Å². The van der Waals surface area contributed by atoms with Crippen molar-refractivity contribution >= 4 is 21.4 Å². The molecule has 4 heteroatoms. The van der Waals surface area contributed by atoms with Crippen LogP contribution in [0.15, 0.2) is 22.9 Å². The lowest BCUT2D eigenvalue weighted by Crippen LogP contribution is -2.05. The van der Waals surface area contributed by atoms with Gasteiger partial charge in [0.2, 0.25) is 0 Å². The summed E-state index contributed by atoms with van der Waals surface area (Å²) >= 11 is 3.49. The molecule has 0 radical (unpaired) electrons. The molecule has 2 rings (SSSR count). The summed E-state index contributed by atoms with van der Waals surface area (Å²) in [7, 11) is 1.95. The van der Waals surface area contributed by atoms with Crippen LogP contribution in [-0.4, -0.2) is 16.4 Å². The first-order chi connectivity index (χ1) is 7.26. The highest BCUT2D eigenvalue weighted by molar-refractivity contribution is 9.10. The van der Waals surface area contributed by atoms with Crippen LogP contribution in [0.2, 0.25) is 0 Å². The number of aromatic nitrogens is 2. The molecule has 0 saturated heterocycles. The number of fused-ring (bicyclic) bond motifs is 1. The summed E-state index contributed by atoms with van der Waals surface area (Å²) < 4.78 is 3.06. The number of rotatable bonds is 3. The SMILES string of the molecule is CCc1nc(Br)c2cc(CNC)ccn12. The summed E-state index contributed by atoms with van der Waals surface area (Å²) in [5.74, 6) is 1.09. The van der Waals surface area contributed by atoms with Gasteiger partial charge in [0, 0.05) is 19.2 Å². The number of halogens is 1. The molecule has 2 aromatic rings. The van der Waals surface area contributed by atoms with Crippen molar-refractivity contribution in [3.05, 3.63) is 34.3 Å². The lowest BCUT2D eigenvalue weighted by atomic mass is 10.2. The maximum Gasteiger partial charge on any atom is 0.132 e. The molecule has 0 amide bonds. The fourth-order valence-electron chi connectivity index (χ4n) is 1.72. The molecule has 0 spiro atoms. The molecule has 0 aliphatic rings. The molecule has 0 aromatic carbocycles. The van der Waals surface area contributed by atoms with Gasteiger partial charge in [-0.1, -0.05) is 6.92 Å². The van der Waals surface area contributed by atoms with E-state index in [1.54, 1.807) is 0 Å². The first kappa shape index (κ1) is 10.6. The molecule has 0 fully saturated rings. The van der Waals surface area contributed by atoms with Crippen LogP contribution in [-0.2, 0) is 13.0 Å². The summed E-state index contributed by atoms with van der Waals surface area (Å²) in [6.07, 6.45) is 3.02. The monoisotopic (exact) mass is 267 g/mol. The zero-order valence-corrected chi connectivity index (χ0v) is 10.5. The third kappa shape index (κ3) is 1.92. The molecule has 0 atom stereocenters. The first-order valence-corrected chi connectivity index (χ1v) is 5.85. The van der Waals surface area contributed by atoms with Crippen molar-refractivity contribution < 1.29 is 0 Å². The molecule has 80 valence electrons. The molecule has 0 aliphatic carbocycles. The van der Waals surface area contributed by atoms with Crippen LogP contribution in [0.1, 0.15) is 18.3 Å². The van der Waals surface area contributed by atoms with Crippen LogP contribution < -0.4 is 5.32 Å². The van der Waals surface area contributed by atoms with Gasteiger partial charge in [-0.3, -0.25) is 0 Å². The van der Waals surface area contributed by atoms with Crippen molar-refractivity contribution in [2.24, 2.45) is 0 Å². The second-order valence-corrected chi connectivity index (χ2v) is 4.24. The molecule has 15 heavy (non-hydrogen) atoms. The van der Waals surface area contributed by atoms with Crippen LogP contribution in [0.3, 0.4) is 0 Å². The van der Waals surface area contributed by atoms with Crippen molar-refractivity contribution in [3.63, 3.8) is 0 Å². The lowest BCUT2D eigenvalue weighted by molar-refractivity contribution is 0.815. The third-order valence-electron chi connectivity index (χ3n) is 2.43. The molecule has 2 aromatic heterocycles. The zero-order chi connectivity index (χ0) is 10.8. The molecule has 0 aliphatic heterocycles. The Morgan fingerprint density at radius 2 is 2.33 bits per heavy atom. The molecule has 3 nitrogen and oxygen atoms in total. The third-order valence-corrected chi connectivity index (χ3v) is 3.02. The number of aryl methyl sites for hydroxylation is 1. The smallest absolute Gasteiger partial charge is 0.132 e. The minimum atomic E-state index is 0.885. The van der Waals surface area contributed by atoms with Gasteiger partial charge in [-0.15, -0.1) is 0 Å². The Hall–Kier alpha value is -0.870. The Morgan fingerprint density at radius 3 is 3.00 bits per heavy atom. The van der Waals surface area contributed by atoms with E-state index in [1.165, 1.54) is 5.56 Å². The topological polar surface area (TPSA) is 29.3 Å².